The van der Waals surface area contributed by atoms with Crippen molar-refractivity contribution in [1.82, 2.24) is 4.72 Å². The van der Waals surface area contributed by atoms with E-state index in [1.54, 1.807) is 0 Å². The molecule has 1 aliphatic rings. The second-order valence-electron chi connectivity index (χ2n) is 5.42. The Morgan fingerprint density at radius 3 is 2.53 bits per heavy atom. The molecule has 1 fully saturated rings. The van der Waals surface area contributed by atoms with Crippen LogP contribution in [0.3, 0.4) is 0 Å². The lowest BCUT2D eigenvalue weighted by molar-refractivity contribution is 0.357. The molecule has 0 spiro atoms. The van der Waals surface area contributed by atoms with Crippen LogP contribution in [0.1, 0.15) is 26.7 Å². The smallest absolute Gasteiger partial charge is 0.211 e. The van der Waals surface area contributed by atoms with Gasteiger partial charge in [0.15, 0.2) is 0 Å². The summed E-state index contributed by atoms with van der Waals surface area (Å²) in [5, 5.41) is 0. The maximum Gasteiger partial charge on any atom is 0.241 e. The van der Waals surface area contributed by atoms with Gasteiger partial charge in [0.1, 0.15) is 5.82 Å². The third-order valence-electron chi connectivity index (χ3n) is 3.91. The van der Waals surface area contributed by atoms with Crippen molar-refractivity contribution in [3.63, 3.8) is 0 Å². The molecular weight excluding hydrogens is 333 g/mol. The van der Waals surface area contributed by atoms with E-state index in [1.165, 1.54) is 6.07 Å². The van der Waals surface area contributed by atoms with Gasteiger partial charge in [-0.2, -0.15) is 0 Å². The van der Waals surface area contributed by atoms with Crippen LogP contribution in [0.5, 0.6) is 0 Å². The molecule has 19 heavy (non-hydrogen) atoms. The molecule has 0 unspecified atom stereocenters. The van der Waals surface area contributed by atoms with Crippen molar-refractivity contribution < 1.29 is 12.8 Å². The summed E-state index contributed by atoms with van der Waals surface area (Å²) in [6.07, 6.45) is 2.11. The highest BCUT2D eigenvalue weighted by atomic mass is 79.9. The van der Waals surface area contributed by atoms with E-state index in [-0.39, 0.29) is 14.8 Å². The predicted molar refractivity (Wildman–Crippen MR) is 75.8 cm³/mol. The highest BCUT2D eigenvalue weighted by Crippen LogP contribution is 2.51. The Labute approximate surface area is 121 Å². The third kappa shape index (κ3) is 3.17. The molecule has 1 N–H and O–H groups in total. The summed E-state index contributed by atoms with van der Waals surface area (Å²) >= 11 is 3.09. The van der Waals surface area contributed by atoms with Crippen LogP contribution >= 0.6 is 15.9 Å². The van der Waals surface area contributed by atoms with Gasteiger partial charge in [0.25, 0.3) is 0 Å². The van der Waals surface area contributed by atoms with Gasteiger partial charge in [0.05, 0.1) is 4.90 Å². The monoisotopic (exact) mass is 349 g/mol. The second kappa shape index (κ2) is 5.14. The van der Waals surface area contributed by atoms with E-state index in [4.69, 9.17) is 0 Å². The fourth-order valence-electron chi connectivity index (χ4n) is 2.13. The van der Waals surface area contributed by atoms with E-state index in [2.05, 4.69) is 34.5 Å². The normalized spacial score (nSPS) is 17.7. The molecule has 0 radical (unpaired) electrons. The summed E-state index contributed by atoms with van der Waals surface area (Å²) in [5.41, 5.74) is 0.0968. The van der Waals surface area contributed by atoms with Crippen LogP contribution in [0.15, 0.2) is 27.6 Å². The molecule has 3 nitrogen and oxygen atoms in total. The van der Waals surface area contributed by atoms with E-state index in [0.29, 0.717) is 12.5 Å². The summed E-state index contributed by atoms with van der Waals surface area (Å²) in [7, 11) is -3.60. The molecule has 0 bridgehead atoms. The molecule has 1 saturated carbocycles. The Kier molecular flexibility index (Phi) is 4.05. The van der Waals surface area contributed by atoms with Crippen LogP contribution in [0.25, 0.3) is 0 Å². The summed E-state index contributed by atoms with van der Waals surface area (Å²) in [6, 6.07) is 3.58. The van der Waals surface area contributed by atoms with Crippen molar-refractivity contribution >= 4 is 26.0 Å². The third-order valence-corrected chi connectivity index (χ3v) is 6.29. The molecule has 0 aromatic heterocycles. The van der Waals surface area contributed by atoms with Gasteiger partial charge in [0, 0.05) is 11.0 Å². The van der Waals surface area contributed by atoms with Crippen molar-refractivity contribution in [3.8, 4) is 0 Å². The van der Waals surface area contributed by atoms with Gasteiger partial charge in [-0.1, -0.05) is 13.8 Å². The summed E-state index contributed by atoms with van der Waals surface area (Å²) in [5.74, 6) is -0.0153. The Hall–Kier alpha value is -0.460. The number of benzene rings is 1. The van der Waals surface area contributed by atoms with Gasteiger partial charge in [-0.25, -0.2) is 17.5 Å². The highest BCUT2D eigenvalue weighted by molar-refractivity contribution is 9.10. The molecule has 1 aromatic rings. The minimum absolute atomic E-state index is 0.0773. The van der Waals surface area contributed by atoms with Crippen LogP contribution in [0.4, 0.5) is 4.39 Å². The quantitative estimate of drug-likeness (QED) is 0.886. The SMILES string of the molecule is CC(C)C1(CNS(=O)(=O)c2ccc(F)cc2Br)CC1. The van der Waals surface area contributed by atoms with Crippen LogP contribution in [-0.4, -0.2) is 15.0 Å². The molecule has 0 aliphatic heterocycles. The van der Waals surface area contributed by atoms with E-state index in [1.807, 2.05) is 0 Å². The first-order valence-electron chi connectivity index (χ1n) is 6.22. The Morgan fingerprint density at radius 1 is 1.42 bits per heavy atom. The van der Waals surface area contributed by atoms with Crippen LogP contribution in [-0.2, 0) is 10.0 Å². The number of nitrogens with one attached hydrogen (secondary N) is 1. The van der Waals surface area contributed by atoms with E-state index in [0.717, 1.165) is 25.0 Å². The molecule has 1 aromatic carbocycles. The summed E-state index contributed by atoms with van der Waals surface area (Å²) in [4.78, 5) is 0.0773. The molecule has 2 rings (SSSR count). The molecule has 1 aliphatic carbocycles. The molecule has 0 saturated heterocycles. The number of rotatable bonds is 5. The fraction of sp³-hybridized carbons (Fsp3) is 0.538. The number of hydrogen-bond donors (Lipinski definition) is 1. The minimum Gasteiger partial charge on any atom is -0.211 e. The van der Waals surface area contributed by atoms with E-state index >= 15 is 0 Å². The number of hydrogen-bond acceptors (Lipinski definition) is 2. The van der Waals surface area contributed by atoms with E-state index < -0.39 is 15.8 Å². The molecule has 0 heterocycles. The molecular formula is C13H17BrFNO2S. The maximum absolute atomic E-state index is 13.0. The lowest BCUT2D eigenvalue weighted by Gasteiger charge is -2.20. The lowest BCUT2D eigenvalue weighted by atomic mass is 9.93. The van der Waals surface area contributed by atoms with Gasteiger partial charge in [0.2, 0.25) is 10.0 Å². The first-order valence-corrected chi connectivity index (χ1v) is 8.49. The number of halogens is 2. The molecule has 0 atom stereocenters. The van der Waals surface area contributed by atoms with Crippen molar-refractivity contribution in [2.75, 3.05) is 6.54 Å². The summed E-state index contributed by atoms with van der Waals surface area (Å²) in [6.45, 7) is 4.65. The van der Waals surface area contributed by atoms with Gasteiger partial charge in [-0.05, 0) is 58.3 Å². The first-order chi connectivity index (χ1) is 8.77. The Balaban J connectivity index is 2.15. The molecule has 106 valence electrons. The molecule has 6 heteroatoms. The van der Waals surface area contributed by atoms with Crippen LogP contribution in [0.2, 0.25) is 0 Å². The topological polar surface area (TPSA) is 46.2 Å². The fourth-order valence-corrected chi connectivity index (χ4v) is 4.31. The average molecular weight is 350 g/mol. The lowest BCUT2D eigenvalue weighted by Crippen LogP contribution is -2.32. The summed E-state index contributed by atoms with van der Waals surface area (Å²) < 4.78 is 40.3. The zero-order valence-corrected chi connectivity index (χ0v) is 13.3. The first kappa shape index (κ1) is 14.9. The minimum atomic E-state index is -3.60. The van der Waals surface area contributed by atoms with Crippen LogP contribution < -0.4 is 4.72 Å². The van der Waals surface area contributed by atoms with Crippen molar-refractivity contribution in [2.45, 2.75) is 31.6 Å². The Morgan fingerprint density at radius 2 is 2.05 bits per heavy atom. The van der Waals surface area contributed by atoms with Gasteiger partial charge >= 0.3 is 0 Å². The standard InChI is InChI=1S/C13H17BrFNO2S/c1-9(2)13(5-6-13)8-16-19(17,18)12-4-3-10(15)7-11(12)14/h3-4,7,9,16H,5-6,8H2,1-2H3. The van der Waals surface area contributed by atoms with Crippen molar-refractivity contribution in [1.29, 1.82) is 0 Å². The molecule has 0 amide bonds. The van der Waals surface area contributed by atoms with Gasteiger partial charge < -0.3 is 0 Å². The largest absolute Gasteiger partial charge is 0.241 e. The van der Waals surface area contributed by atoms with Crippen molar-refractivity contribution in [3.05, 3.63) is 28.5 Å². The zero-order valence-electron chi connectivity index (χ0n) is 10.9. The average Bonchev–Trinajstić information content (AvgIpc) is 3.07. The number of sulfonamides is 1. The predicted octanol–water partition coefficient (Wildman–Crippen LogP) is 3.30. The van der Waals surface area contributed by atoms with Gasteiger partial charge in [-0.15, -0.1) is 0 Å². The van der Waals surface area contributed by atoms with Gasteiger partial charge in [-0.3, -0.25) is 0 Å². The maximum atomic E-state index is 13.0. The zero-order chi connectivity index (χ0) is 14.3. The Bertz CT molecular complexity index is 582. The highest BCUT2D eigenvalue weighted by Gasteiger charge is 2.45. The van der Waals surface area contributed by atoms with E-state index in [9.17, 15) is 12.8 Å². The second-order valence-corrected chi connectivity index (χ2v) is 8.01. The van der Waals surface area contributed by atoms with Crippen molar-refractivity contribution in [2.24, 2.45) is 11.3 Å². The van der Waals surface area contributed by atoms with Crippen LogP contribution in [0, 0.1) is 17.2 Å².